The van der Waals surface area contributed by atoms with E-state index in [1.54, 1.807) is 11.8 Å². The van der Waals surface area contributed by atoms with Gasteiger partial charge in [0, 0.05) is 36.7 Å². The van der Waals surface area contributed by atoms with Crippen LogP contribution in [-0.2, 0) is 24.4 Å². The average Bonchev–Trinajstić information content (AvgIpc) is 3.61. The summed E-state index contributed by atoms with van der Waals surface area (Å²) < 4.78 is 24.4. The van der Waals surface area contributed by atoms with E-state index in [0.717, 1.165) is 47.5 Å². The molecule has 11 heteroatoms. The summed E-state index contributed by atoms with van der Waals surface area (Å²) in [6.07, 6.45) is 2.14. The van der Waals surface area contributed by atoms with E-state index in [-0.39, 0.29) is 11.7 Å². The van der Waals surface area contributed by atoms with Gasteiger partial charge in [0.05, 0.1) is 31.8 Å². The highest BCUT2D eigenvalue weighted by molar-refractivity contribution is 5.83. The number of rotatable bonds is 9. The zero-order valence-electron chi connectivity index (χ0n) is 21.3. The van der Waals surface area contributed by atoms with Gasteiger partial charge in [-0.05, 0) is 53.1 Å². The fourth-order valence-corrected chi connectivity index (χ4v) is 4.97. The van der Waals surface area contributed by atoms with Crippen LogP contribution >= 0.6 is 0 Å². The lowest BCUT2D eigenvalue weighted by atomic mass is 10.1. The molecule has 4 heterocycles. The maximum absolute atomic E-state index is 13.1. The van der Waals surface area contributed by atoms with Gasteiger partial charge >= 0.3 is 0 Å². The zero-order chi connectivity index (χ0) is 25.9. The second-order valence-corrected chi connectivity index (χ2v) is 9.61. The van der Waals surface area contributed by atoms with E-state index < -0.39 is 0 Å². The van der Waals surface area contributed by atoms with Gasteiger partial charge in [0.1, 0.15) is 19.0 Å². The Morgan fingerprint density at radius 2 is 1.89 bits per heavy atom. The molecule has 2 aliphatic rings. The Bertz CT molecular complexity index is 1460. The molecule has 198 valence electrons. The number of H-pyrrole nitrogens is 1. The average molecular weight is 519 g/mol. The molecular formula is C27H30N6O5. The molecule has 0 aliphatic carbocycles. The van der Waals surface area contributed by atoms with Gasteiger partial charge in [-0.25, -0.2) is 4.68 Å². The van der Waals surface area contributed by atoms with Crippen LogP contribution in [0, 0.1) is 0 Å². The summed E-state index contributed by atoms with van der Waals surface area (Å²) in [7, 11) is 1.65. The van der Waals surface area contributed by atoms with E-state index in [0.29, 0.717) is 56.5 Å². The number of pyridine rings is 1. The van der Waals surface area contributed by atoms with E-state index in [9.17, 15) is 4.79 Å². The van der Waals surface area contributed by atoms with Crippen molar-refractivity contribution in [3.63, 3.8) is 0 Å². The molecule has 1 fully saturated rings. The number of hydrogen-bond acceptors (Lipinski definition) is 9. The molecular weight excluding hydrogens is 488 g/mol. The Balaban J connectivity index is 1.25. The van der Waals surface area contributed by atoms with E-state index in [1.807, 2.05) is 42.5 Å². The van der Waals surface area contributed by atoms with Crippen LogP contribution in [0.25, 0.3) is 10.9 Å². The van der Waals surface area contributed by atoms with E-state index in [1.165, 1.54) is 0 Å². The van der Waals surface area contributed by atoms with E-state index >= 15 is 0 Å². The van der Waals surface area contributed by atoms with Crippen molar-refractivity contribution in [2.45, 2.75) is 38.6 Å². The number of tetrazole rings is 1. The van der Waals surface area contributed by atoms with Crippen LogP contribution in [0.5, 0.6) is 17.2 Å². The highest BCUT2D eigenvalue weighted by atomic mass is 16.6. The highest BCUT2D eigenvalue weighted by Gasteiger charge is 2.23. The summed E-state index contributed by atoms with van der Waals surface area (Å²) in [5.41, 5.74) is 2.30. The van der Waals surface area contributed by atoms with Crippen molar-refractivity contribution in [3.05, 3.63) is 69.8 Å². The lowest BCUT2D eigenvalue weighted by molar-refractivity contribution is 0.0663. The molecule has 11 nitrogen and oxygen atoms in total. The standard InChI is InChI=1S/C27H30N6O5/c1-35-21-6-4-18(5-7-21)14-33-26(29-30-31-33)17-32(16-22-3-2-8-36-22)15-20-11-19-12-24-25(38-10-9-37-24)13-23(19)28-27(20)34/h4-7,11-13,22H,2-3,8-10,14-17H2,1H3,(H,28,34)/t22-/m1/s1. The molecule has 2 aromatic carbocycles. The molecule has 4 aromatic rings. The molecule has 2 aromatic heterocycles. The molecule has 6 rings (SSSR count). The summed E-state index contributed by atoms with van der Waals surface area (Å²) in [6, 6.07) is 13.5. The molecule has 0 amide bonds. The molecule has 2 aliphatic heterocycles. The number of aromatic nitrogens is 5. The predicted octanol–water partition coefficient (Wildman–Crippen LogP) is 2.52. The Morgan fingerprint density at radius 1 is 1.08 bits per heavy atom. The Morgan fingerprint density at radius 3 is 2.66 bits per heavy atom. The van der Waals surface area contributed by atoms with E-state index in [2.05, 4.69) is 25.4 Å². The number of ether oxygens (including phenoxy) is 4. The number of nitrogens with zero attached hydrogens (tertiary/aromatic N) is 5. The third kappa shape index (κ3) is 5.34. The first-order valence-electron chi connectivity index (χ1n) is 12.8. The first-order valence-corrected chi connectivity index (χ1v) is 12.8. The minimum atomic E-state index is -0.135. The maximum Gasteiger partial charge on any atom is 0.252 e. The lowest BCUT2D eigenvalue weighted by Gasteiger charge is -2.25. The van der Waals surface area contributed by atoms with Gasteiger partial charge in [-0.15, -0.1) is 5.10 Å². The van der Waals surface area contributed by atoms with Crippen molar-refractivity contribution in [1.82, 2.24) is 30.1 Å². The first kappa shape index (κ1) is 24.4. The van der Waals surface area contributed by atoms with Crippen LogP contribution in [0.4, 0.5) is 0 Å². The van der Waals surface area contributed by atoms with Gasteiger partial charge in [0.25, 0.3) is 5.56 Å². The van der Waals surface area contributed by atoms with Gasteiger partial charge in [0.2, 0.25) is 0 Å². The second-order valence-electron chi connectivity index (χ2n) is 9.61. The number of aromatic amines is 1. The first-order chi connectivity index (χ1) is 18.6. The van der Waals surface area contributed by atoms with Crippen LogP contribution in [-0.4, -0.2) is 69.7 Å². The Kier molecular flexibility index (Phi) is 6.93. The normalized spacial score (nSPS) is 16.8. The Labute approximate surface area is 219 Å². The number of benzene rings is 2. The highest BCUT2D eigenvalue weighted by Crippen LogP contribution is 2.33. The SMILES string of the molecule is COc1ccc(Cn2nnnc2CN(Cc2cc3cc4c(cc3[nH]c2=O)OCCO4)C[C@H]2CCCO2)cc1. The minimum absolute atomic E-state index is 0.109. The van der Waals surface area contributed by atoms with Crippen molar-refractivity contribution in [2.75, 3.05) is 33.5 Å². The summed E-state index contributed by atoms with van der Waals surface area (Å²) in [5, 5.41) is 13.3. The van der Waals surface area contributed by atoms with Crippen LogP contribution in [0.15, 0.2) is 47.3 Å². The summed E-state index contributed by atoms with van der Waals surface area (Å²) >= 11 is 0. The lowest BCUT2D eigenvalue weighted by Crippen LogP contribution is -2.34. The Hall–Kier alpha value is -3.96. The molecule has 1 atom stereocenters. The molecule has 1 saturated heterocycles. The number of hydrogen-bond donors (Lipinski definition) is 1. The largest absolute Gasteiger partial charge is 0.497 e. The van der Waals surface area contributed by atoms with E-state index in [4.69, 9.17) is 18.9 Å². The topological polar surface area (TPSA) is 117 Å². The number of methoxy groups -OCH3 is 1. The van der Waals surface area contributed by atoms with Gasteiger partial charge in [0.15, 0.2) is 17.3 Å². The monoisotopic (exact) mass is 518 g/mol. The molecule has 0 saturated carbocycles. The summed E-state index contributed by atoms with van der Waals surface area (Å²) in [5.74, 6) is 2.86. The quantitative estimate of drug-likeness (QED) is 0.357. The predicted molar refractivity (Wildman–Crippen MR) is 139 cm³/mol. The van der Waals surface area contributed by atoms with Crippen molar-refractivity contribution >= 4 is 10.9 Å². The van der Waals surface area contributed by atoms with Crippen LogP contribution in [0.2, 0.25) is 0 Å². The summed E-state index contributed by atoms with van der Waals surface area (Å²) in [6.45, 7) is 3.87. The molecule has 1 N–H and O–H groups in total. The maximum atomic E-state index is 13.1. The van der Waals surface area contributed by atoms with Crippen molar-refractivity contribution < 1.29 is 18.9 Å². The molecule has 0 unspecified atom stereocenters. The van der Waals surface area contributed by atoms with Crippen molar-refractivity contribution in [2.24, 2.45) is 0 Å². The minimum Gasteiger partial charge on any atom is -0.497 e. The molecule has 0 bridgehead atoms. The third-order valence-corrected chi connectivity index (χ3v) is 6.93. The fraction of sp³-hybridized carbons (Fsp3) is 0.407. The van der Waals surface area contributed by atoms with Gasteiger partial charge < -0.3 is 23.9 Å². The smallest absolute Gasteiger partial charge is 0.252 e. The van der Waals surface area contributed by atoms with Crippen LogP contribution in [0.3, 0.4) is 0 Å². The molecule has 38 heavy (non-hydrogen) atoms. The van der Waals surface area contributed by atoms with Gasteiger partial charge in [-0.1, -0.05) is 12.1 Å². The number of nitrogens with one attached hydrogen (secondary N) is 1. The fourth-order valence-electron chi connectivity index (χ4n) is 4.97. The van der Waals surface area contributed by atoms with Crippen LogP contribution in [0.1, 0.15) is 29.8 Å². The molecule has 0 radical (unpaired) electrons. The van der Waals surface area contributed by atoms with Crippen molar-refractivity contribution in [1.29, 1.82) is 0 Å². The number of fused-ring (bicyclic) bond motifs is 2. The zero-order valence-corrected chi connectivity index (χ0v) is 21.3. The van der Waals surface area contributed by atoms with Crippen LogP contribution < -0.4 is 19.8 Å². The van der Waals surface area contributed by atoms with Crippen molar-refractivity contribution in [3.8, 4) is 17.2 Å². The van der Waals surface area contributed by atoms with Gasteiger partial charge in [-0.2, -0.15) is 0 Å². The summed E-state index contributed by atoms with van der Waals surface area (Å²) in [4.78, 5) is 18.3. The second kappa shape index (κ2) is 10.8. The third-order valence-electron chi connectivity index (χ3n) is 6.93. The van der Waals surface area contributed by atoms with Gasteiger partial charge in [-0.3, -0.25) is 9.69 Å². The molecule has 0 spiro atoms.